The number of aromatic nitrogens is 3. The molecule has 0 aliphatic carbocycles. The number of pyridine rings is 1. The van der Waals surface area contributed by atoms with E-state index in [0.29, 0.717) is 28.8 Å². The predicted molar refractivity (Wildman–Crippen MR) is 93.7 cm³/mol. The second-order valence-corrected chi connectivity index (χ2v) is 6.01. The molecule has 0 bridgehead atoms. The molecule has 0 amide bonds. The van der Waals surface area contributed by atoms with Gasteiger partial charge in [0.2, 0.25) is 0 Å². The number of nitrogens with zero attached hydrogens (tertiary/aromatic N) is 5. The molecule has 0 saturated heterocycles. The van der Waals surface area contributed by atoms with E-state index in [1.165, 1.54) is 0 Å². The number of azo groups is 1. The number of nitrogen functional groups attached to an aromatic ring is 1. The molecule has 0 unspecified atom stereocenters. The molecule has 7 heteroatoms. The smallest absolute Gasteiger partial charge is 0.168 e. The molecule has 0 atom stereocenters. The maximum absolute atomic E-state index is 6.15. The normalized spacial score (nSPS) is 11.3. The summed E-state index contributed by atoms with van der Waals surface area (Å²) < 4.78 is 3.67. The minimum atomic E-state index is 0.468. The summed E-state index contributed by atoms with van der Waals surface area (Å²) in [6, 6.07) is 9.65. The molecule has 2 aromatic heterocycles. The summed E-state index contributed by atoms with van der Waals surface area (Å²) >= 11 is 6.15. The van der Waals surface area contributed by atoms with Gasteiger partial charge in [-0.1, -0.05) is 17.7 Å². The predicted octanol–water partition coefficient (Wildman–Crippen LogP) is 3.72. The Morgan fingerprint density at radius 2 is 1.88 bits per heavy atom. The highest BCUT2D eigenvalue weighted by Gasteiger charge is 2.08. The van der Waals surface area contributed by atoms with Gasteiger partial charge < -0.3 is 5.73 Å². The molecule has 24 heavy (non-hydrogen) atoms. The summed E-state index contributed by atoms with van der Waals surface area (Å²) in [6.07, 6.45) is 5.56. The quantitative estimate of drug-likeness (QED) is 0.580. The lowest BCUT2D eigenvalue weighted by Crippen LogP contribution is -2.26. The molecule has 2 heterocycles. The molecule has 0 radical (unpaired) electrons. The average molecular weight is 342 g/mol. The Kier molecular flexibility index (Phi) is 4.57. The Morgan fingerprint density at radius 3 is 2.58 bits per heavy atom. The monoisotopic (exact) mass is 341 g/mol. The molecule has 0 spiro atoms. The van der Waals surface area contributed by atoms with Crippen LogP contribution in [0.15, 0.2) is 59.2 Å². The van der Waals surface area contributed by atoms with Crippen molar-refractivity contribution in [3.05, 3.63) is 65.1 Å². The zero-order chi connectivity index (χ0) is 17.1. The lowest BCUT2D eigenvalue weighted by Gasteiger charge is -2.03. The molecule has 122 valence electrons. The molecular weight excluding hydrogens is 324 g/mol. The van der Waals surface area contributed by atoms with Gasteiger partial charge in [0.1, 0.15) is 24.2 Å². The standard InChI is InChI=1S/C17H18ClN6/c1-12-3-4-15(14(18)9-12)21-22-16-10-20-24(17(16)19)11-13-5-7-23(2)8-6-13/h3-10H,11,19H2,1-2H3/q+1. The van der Waals surface area contributed by atoms with Gasteiger partial charge in [-0.15, -0.1) is 10.2 Å². The third-order valence-electron chi connectivity index (χ3n) is 3.61. The zero-order valence-corrected chi connectivity index (χ0v) is 14.3. The second kappa shape index (κ2) is 6.80. The van der Waals surface area contributed by atoms with Crippen molar-refractivity contribution in [3.8, 4) is 0 Å². The van der Waals surface area contributed by atoms with Crippen LogP contribution in [-0.4, -0.2) is 9.78 Å². The van der Waals surface area contributed by atoms with Crippen LogP contribution in [-0.2, 0) is 13.6 Å². The topological polar surface area (TPSA) is 72.4 Å². The van der Waals surface area contributed by atoms with Crippen molar-refractivity contribution in [1.29, 1.82) is 0 Å². The summed E-state index contributed by atoms with van der Waals surface area (Å²) in [5.41, 5.74) is 9.42. The van der Waals surface area contributed by atoms with Crippen molar-refractivity contribution in [2.45, 2.75) is 13.5 Å². The van der Waals surface area contributed by atoms with Crippen LogP contribution >= 0.6 is 11.6 Å². The van der Waals surface area contributed by atoms with E-state index >= 15 is 0 Å². The van der Waals surface area contributed by atoms with Gasteiger partial charge >= 0.3 is 0 Å². The summed E-state index contributed by atoms with van der Waals surface area (Å²) in [4.78, 5) is 0. The van der Waals surface area contributed by atoms with E-state index in [2.05, 4.69) is 15.3 Å². The number of rotatable bonds is 4. The minimum absolute atomic E-state index is 0.468. The van der Waals surface area contributed by atoms with Gasteiger partial charge in [-0.3, -0.25) is 0 Å². The average Bonchev–Trinajstić information content (AvgIpc) is 2.89. The molecule has 3 rings (SSSR count). The molecule has 0 aliphatic heterocycles. The molecule has 3 aromatic rings. The molecule has 1 aromatic carbocycles. The number of nitrogens with two attached hydrogens (primary N) is 1. The Labute approximate surface area is 145 Å². The first-order chi connectivity index (χ1) is 11.5. The SMILES string of the molecule is Cc1ccc(N=Nc2cnn(Cc3cc[n+](C)cc3)c2N)c(Cl)c1. The van der Waals surface area contributed by atoms with Gasteiger partial charge in [0.05, 0.1) is 17.8 Å². The first-order valence-electron chi connectivity index (χ1n) is 7.46. The van der Waals surface area contributed by atoms with Gasteiger partial charge in [-0.2, -0.15) is 5.10 Å². The van der Waals surface area contributed by atoms with Gasteiger partial charge in [-0.25, -0.2) is 9.25 Å². The lowest BCUT2D eigenvalue weighted by atomic mass is 10.2. The van der Waals surface area contributed by atoms with Crippen molar-refractivity contribution >= 4 is 28.8 Å². The Balaban J connectivity index is 1.79. The number of halogens is 1. The van der Waals surface area contributed by atoms with Crippen LogP contribution < -0.4 is 10.3 Å². The summed E-state index contributed by atoms with van der Waals surface area (Å²) in [5.74, 6) is 0.468. The fraction of sp³-hybridized carbons (Fsp3) is 0.176. The first kappa shape index (κ1) is 16.1. The fourth-order valence-corrected chi connectivity index (χ4v) is 2.47. The summed E-state index contributed by atoms with van der Waals surface area (Å²) in [7, 11) is 1.97. The minimum Gasteiger partial charge on any atom is -0.382 e. The Hall–Kier alpha value is -2.73. The maximum Gasteiger partial charge on any atom is 0.168 e. The number of hydrogen-bond acceptors (Lipinski definition) is 4. The van der Waals surface area contributed by atoms with E-state index in [4.69, 9.17) is 17.3 Å². The summed E-state index contributed by atoms with van der Waals surface area (Å²) in [5, 5.41) is 13.2. The van der Waals surface area contributed by atoms with Crippen molar-refractivity contribution in [1.82, 2.24) is 9.78 Å². The second-order valence-electron chi connectivity index (χ2n) is 5.60. The molecule has 2 N–H and O–H groups in total. The third-order valence-corrected chi connectivity index (χ3v) is 3.91. The van der Waals surface area contributed by atoms with Crippen LogP contribution in [0.5, 0.6) is 0 Å². The molecular formula is C17H18ClN6+. The van der Waals surface area contributed by atoms with Crippen LogP contribution in [0.1, 0.15) is 11.1 Å². The van der Waals surface area contributed by atoms with Gasteiger partial charge in [0.25, 0.3) is 0 Å². The Bertz CT molecular complexity index is 883. The van der Waals surface area contributed by atoms with Gasteiger partial charge in [-0.05, 0) is 30.2 Å². The van der Waals surface area contributed by atoms with Crippen molar-refractivity contribution in [2.24, 2.45) is 17.3 Å². The van der Waals surface area contributed by atoms with Crippen molar-refractivity contribution in [3.63, 3.8) is 0 Å². The van der Waals surface area contributed by atoms with Crippen LogP contribution in [0, 0.1) is 6.92 Å². The maximum atomic E-state index is 6.15. The molecule has 0 saturated carbocycles. The number of aryl methyl sites for hydroxylation is 2. The van der Waals surface area contributed by atoms with Crippen molar-refractivity contribution in [2.75, 3.05) is 5.73 Å². The highest BCUT2D eigenvalue weighted by molar-refractivity contribution is 6.33. The van der Waals surface area contributed by atoms with Crippen molar-refractivity contribution < 1.29 is 4.57 Å². The van der Waals surface area contributed by atoms with Crippen LogP contribution in [0.2, 0.25) is 5.02 Å². The number of hydrogen-bond donors (Lipinski definition) is 1. The van der Waals surface area contributed by atoms with E-state index in [-0.39, 0.29) is 0 Å². The van der Waals surface area contributed by atoms with Gasteiger partial charge in [0, 0.05) is 12.1 Å². The first-order valence-corrected chi connectivity index (χ1v) is 7.84. The third kappa shape index (κ3) is 3.60. The van der Waals surface area contributed by atoms with E-state index in [1.807, 2.05) is 61.3 Å². The number of anilines is 1. The van der Waals surface area contributed by atoms with E-state index < -0.39 is 0 Å². The Morgan fingerprint density at radius 1 is 1.17 bits per heavy atom. The fourth-order valence-electron chi connectivity index (χ4n) is 2.20. The van der Waals surface area contributed by atoms with Crippen LogP contribution in [0.25, 0.3) is 0 Å². The highest BCUT2D eigenvalue weighted by atomic mass is 35.5. The van der Waals surface area contributed by atoms with E-state index in [9.17, 15) is 0 Å². The lowest BCUT2D eigenvalue weighted by molar-refractivity contribution is -0.671. The largest absolute Gasteiger partial charge is 0.382 e. The summed E-state index contributed by atoms with van der Waals surface area (Å²) in [6.45, 7) is 2.55. The molecule has 6 nitrogen and oxygen atoms in total. The van der Waals surface area contributed by atoms with Crippen LogP contribution in [0.3, 0.4) is 0 Å². The number of benzene rings is 1. The highest BCUT2D eigenvalue weighted by Crippen LogP contribution is 2.29. The van der Waals surface area contributed by atoms with Crippen LogP contribution in [0.4, 0.5) is 17.2 Å². The van der Waals surface area contributed by atoms with Gasteiger partial charge in [0.15, 0.2) is 12.4 Å². The molecule has 0 fully saturated rings. The zero-order valence-electron chi connectivity index (χ0n) is 13.5. The van der Waals surface area contributed by atoms with E-state index in [1.54, 1.807) is 10.9 Å². The molecule has 0 aliphatic rings. The van der Waals surface area contributed by atoms with E-state index in [0.717, 1.165) is 11.1 Å².